The molecule has 0 spiro atoms. The van der Waals surface area contributed by atoms with Crippen LogP contribution in [-0.4, -0.2) is 24.5 Å². The lowest BCUT2D eigenvalue weighted by Gasteiger charge is -2.16. The van der Waals surface area contributed by atoms with E-state index in [0.717, 1.165) is 12.1 Å². The van der Waals surface area contributed by atoms with E-state index in [9.17, 15) is 9.18 Å². The van der Waals surface area contributed by atoms with E-state index in [2.05, 4.69) is 15.6 Å². The minimum atomic E-state index is -0.339. The summed E-state index contributed by atoms with van der Waals surface area (Å²) in [5.41, 5.74) is 0.797. The SMILES string of the molecule is CCC(NCCC(=O)NC)c1ccc(F)cn1. The van der Waals surface area contributed by atoms with Crippen molar-refractivity contribution < 1.29 is 9.18 Å². The minimum Gasteiger partial charge on any atom is -0.359 e. The molecule has 0 saturated heterocycles. The van der Waals surface area contributed by atoms with Crippen molar-refractivity contribution in [1.82, 2.24) is 15.6 Å². The van der Waals surface area contributed by atoms with E-state index in [1.54, 1.807) is 13.1 Å². The predicted molar refractivity (Wildman–Crippen MR) is 63.9 cm³/mol. The van der Waals surface area contributed by atoms with Gasteiger partial charge in [0.2, 0.25) is 5.91 Å². The Morgan fingerprint density at radius 2 is 2.29 bits per heavy atom. The topological polar surface area (TPSA) is 54.0 Å². The molecule has 5 heteroatoms. The molecular weight excluding hydrogens is 221 g/mol. The smallest absolute Gasteiger partial charge is 0.221 e. The molecule has 17 heavy (non-hydrogen) atoms. The molecule has 1 unspecified atom stereocenters. The molecule has 1 aromatic heterocycles. The van der Waals surface area contributed by atoms with Gasteiger partial charge in [0.15, 0.2) is 0 Å². The number of nitrogens with zero attached hydrogens (tertiary/aromatic N) is 1. The summed E-state index contributed by atoms with van der Waals surface area (Å²) in [4.78, 5) is 15.1. The first-order valence-electron chi connectivity index (χ1n) is 5.72. The minimum absolute atomic E-state index is 0.000539. The Hall–Kier alpha value is -1.49. The van der Waals surface area contributed by atoms with Gasteiger partial charge in [-0.05, 0) is 18.6 Å². The van der Waals surface area contributed by atoms with Crippen molar-refractivity contribution in [3.05, 3.63) is 29.8 Å². The maximum atomic E-state index is 12.7. The highest BCUT2D eigenvalue weighted by Gasteiger charge is 2.10. The number of hydrogen-bond acceptors (Lipinski definition) is 3. The molecule has 1 atom stereocenters. The first kappa shape index (κ1) is 13.6. The summed E-state index contributed by atoms with van der Waals surface area (Å²) in [5, 5.41) is 5.78. The predicted octanol–water partition coefficient (Wildman–Crippen LogP) is 1.40. The van der Waals surface area contributed by atoms with Crippen LogP contribution in [0, 0.1) is 5.82 Å². The van der Waals surface area contributed by atoms with Crippen LogP contribution in [-0.2, 0) is 4.79 Å². The number of carbonyl (C=O) groups excluding carboxylic acids is 1. The second-order valence-corrected chi connectivity index (χ2v) is 3.74. The monoisotopic (exact) mass is 239 g/mol. The van der Waals surface area contributed by atoms with Crippen LogP contribution in [0.25, 0.3) is 0 Å². The summed E-state index contributed by atoms with van der Waals surface area (Å²) in [6, 6.07) is 3.11. The molecule has 1 heterocycles. The number of hydrogen-bond donors (Lipinski definition) is 2. The third-order valence-electron chi connectivity index (χ3n) is 2.54. The summed E-state index contributed by atoms with van der Waals surface area (Å²) in [7, 11) is 1.61. The largest absolute Gasteiger partial charge is 0.359 e. The van der Waals surface area contributed by atoms with Crippen molar-refractivity contribution in [3.63, 3.8) is 0 Å². The number of pyridine rings is 1. The van der Waals surface area contributed by atoms with Crippen molar-refractivity contribution in [2.24, 2.45) is 0 Å². The highest BCUT2D eigenvalue weighted by atomic mass is 19.1. The van der Waals surface area contributed by atoms with Gasteiger partial charge in [-0.3, -0.25) is 9.78 Å². The summed E-state index contributed by atoms with van der Waals surface area (Å²) >= 11 is 0. The Kier molecular flexibility index (Phi) is 5.56. The summed E-state index contributed by atoms with van der Waals surface area (Å²) in [5.74, 6) is -0.339. The third kappa shape index (κ3) is 4.48. The zero-order chi connectivity index (χ0) is 12.7. The molecular formula is C12H18FN3O. The average molecular weight is 239 g/mol. The van der Waals surface area contributed by atoms with E-state index >= 15 is 0 Å². The van der Waals surface area contributed by atoms with Crippen molar-refractivity contribution in [2.45, 2.75) is 25.8 Å². The molecule has 0 aliphatic rings. The average Bonchev–Trinajstić information content (AvgIpc) is 2.35. The van der Waals surface area contributed by atoms with Gasteiger partial charge < -0.3 is 10.6 Å². The molecule has 0 radical (unpaired) electrons. The van der Waals surface area contributed by atoms with Gasteiger partial charge in [-0.15, -0.1) is 0 Å². The molecule has 0 bridgehead atoms. The van der Waals surface area contributed by atoms with Gasteiger partial charge in [0.05, 0.1) is 11.9 Å². The molecule has 1 amide bonds. The van der Waals surface area contributed by atoms with Gasteiger partial charge in [0.1, 0.15) is 5.82 Å². The van der Waals surface area contributed by atoms with Crippen LogP contribution in [0.3, 0.4) is 0 Å². The number of amides is 1. The highest BCUT2D eigenvalue weighted by molar-refractivity contribution is 5.75. The molecule has 0 aliphatic heterocycles. The van der Waals surface area contributed by atoms with Gasteiger partial charge in [0.25, 0.3) is 0 Å². The molecule has 4 nitrogen and oxygen atoms in total. The van der Waals surface area contributed by atoms with Gasteiger partial charge >= 0.3 is 0 Å². The van der Waals surface area contributed by atoms with E-state index in [0.29, 0.717) is 13.0 Å². The Morgan fingerprint density at radius 3 is 2.82 bits per heavy atom. The Balaban J connectivity index is 2.48. The van der Waals surface area contributed by atoms with Gasteiger partial charge in [-0.2, -0.15) is 0 Å². The lowest BCUT2D eigenvalue weighted by molar-refractivity contribution is -0.120. The normalized spacial score (nSPS) is 12.2. The van der Waals surface area contributed by atoms with Crippen molar-refractivity contribution in [3.8, 4) is 0 Å². The fourth-order valence-electron chi connectivity index (χ4n) is 1.54. The maximum Gasteiger partial charge on any atom is 0.221 e. The van der Waals surface area contributed by atoms with E-state index in [1.807, 2.05) is 6.92 Å². The maximum absolute atomic E-state index is 12.7. The molecule has 0 saturated carbocycles. The van der Waals surface area contributed by atoms with Crippen LogP contribution < -0.4 is 10.6 Å². The first-order valence-corrected chi connectivity index (χ1v) is 5.72. The second kappa shape index (κ2) is 6.96. The molecule has 94 valence electrons. The summed E-state index contributed by atoms with van der Waals surface area (Å²) in [6.07, 6.45) is 2.47. The Morgan fingerprint density at radius 1 is 1.53 bits per heavy atom. The van der Waals surface area contributed by atoms with Crippen LogP contribution >= 0.6 is 0 Å². The van der Waals surface area contributed by atoms with Crippen LogP contribution in [0.15, 0.2) is 18.3 Å². The third-order valence-corrected chi connectivity index (χ3v) is 2.54. The number of rotatable bonds is 6. The fraction of sp³-hybridized carbons (Fsp3) is 0.500. The molecule has 1 rings (SSSR count). The Bertz CT molecular complexity index is 353. The van der Waals surface area contributed by atoms with Crippen molar-refractivity contribution in [2.75, 3.05) is 13.6 Å². The molecule has 0 aromatic carbocycles. The molecule has 2 N–H and O–H groups in total. The Labute approximate surface area is 101 Å². The standard InChI is InChI=1S/C12H18FN3O/c1-3-10(15-7-6-12(17)14-2)11-5-4-9(13)8-16-11/h4-5,8,10,15H,3,6-7H2,1-2H3,(H,14,17). The number of nitrogens with one attached hydrogen (secondary N) is 2. The summed E-state index contributed by atoms with van der Waals surface area (Å²) < 4.78 is 12.7. The summed E-state index contributed by atoms with van der Waals surface area (Å²) in [6.45, 7) is 2.60. The van der Waals surface area contributed by atoms with Gasteiger partial charge in [-0.1, -0.05) is 6.92 Å². The van der Waals surface area contributed by atoms with E-state index in [4.69, 9.17) is 0 Å². The molecule has 0 fully saturated rings. The number of aromatic nitrogens is 1. The van der Waals surface area contributed by atoms with Crippen LogP contribution in [0.4, 0.5) is 4.39 Å². The first-order chi connectivity index (χ1) is 8.17. The van der Waals surface area contributed by atoms with Crippen LogP contribution in [0.5, 0.6) is 0 Å². The lowest BCUT2D eigenvalue weighted by atomic mass is 10.1. The second-order valence-electron chi connectivity index (χ2n) is 3.74. The zero-order valence-corrected chi connectivity index (χ0v) is 10.2. The van der Waals surface area contributed by atoms with E-state index in [1.165, 1.54) is 12.3 Å². The molecule has 1 aromatic rings. The van der Waals surface area contributed by atoms with Crippen molar-refractivity contribution in [1.29, 1.82) is 0 Å². The van der Waals surface area contributed by atoms with Crippen molar-refractivity contribution >= 4 is 5.91 Å². The quantitative estimate of drug-likeness (QED) is 0.789. The highest BCUT2D eigenvalue weighted by Crippen LogP contribution is 2.13. The zero-order valence-electron chi connectivity index (χ0n) is 10.2. The fourth-order valence-corrected chi connectivity index (χ4v) is 1.54. The lowest BCUT2D eigenvalue weighted by Crippen LogP contribution is -2.27. The van der Waals surface area contributed by atoms with Gasteiger partial charge in [0, 0.05) is 26.1 Å². The van der Waals surface area contributed by atoms with Gasteiger partial charge in [-0.25, -0.2) is 4.39 Å². The van der Waals surface area contributed by atoms with Crippen LogP contribution in [0.1, 0.15) is 31.5 Å². The molecule has 0 aliphatic carbocycles. The van der Waals surface area contributed by atoms with E-state index in [-0.39, 0.29) is 17.8 Å². The van der Waals surface area contributed by atoms with Crippen LogP contribution in [0.2, 0.25) is 0 Å². The number of carbonyl (C=O) groups is 1. The number of halogens is 1. The van der Waals surface area contributed by atoms with E-state index < -0.39 is 0 Å².